The molecule has 0 saturated carbocycles. The van der Waals surface area contributed by atoms with Gasteiger partial charge in [0.2, 0.25) is 17.7 Å². The molecule has 1 N–H and O–H groups in total. The zero-order valence-corrected chi connectivity index (χ0v) is 18.8. The Kier molecular flexibility index (Phi) is 6.66. The number of carbonyl (C=O) groups is 1. The minimum Gasteiger partial charge on any atom is -0.441 e. The summed E-state index contributed by atoms with van der Waals surface area (Å²) in [5, 5.41) is 3.00. The second-order valence-electron chi connectivity index (χ2n) is 7.72. The molecule has 0 bridgehead atoms. The average Bonchev–Trinajstić information content (AvgIpc) is 3.35. The van der Waals surface area contributed by atoms with Crippen molar-refractivity contribution >= 4 is 22.9 Å². The van der Waals surface area contributed by atoms with Gasteiger partial charge in [-0.1, -0.05) is 44.2 Å². The van der Waals surface area contributed by atoms with Crippen molar-refractivity contribution in [2.45, 2.75) is 33.7 Å². The highest BCUT2D eigenvalue weighted by Gasteiger charge is 2.18. The normalized spacial score (nSPS) is 11.4. The number of likely N-dealkylation sites (N-methyl/N-ethyl adjacent to an activating group) is 1. The number of nitrogens with one attached hydrogen (secondary N) is 1. The van der Waals surface area contributed by atoms with Crippen molar-refractivity contribution in [3.63, 3.8) is 0 Å². The lowest BCUT2D eigenvalue weighted by Crippen LogP contribution is -2.28. The fourth-order valence-electron chi connectivity index (χ4n) is 3.80. The first-order valence-electron chi connectivity index (χ1n) is 11.1. The van der Waals surface area contributed by atoms with Crippen LogP contribution in [0.25, 0.3) is 22.5 Å². The van der Waals surface area contributed by atoms with E-state index in [0.29, 0.717) is 23.3 Å². The van der Waals surface area contributed by atoms with Gasteiger partial charge < -0.3 is 13.9 Å². The van der Waals surface area contributed by atoms with E-state index in [9.17, 15) is 4.79 Å². The summed E-state index contributed by atoms with van der Waals surface area (Å²) >= 11 is 0. The molecular weight excluding hydrogens is 402 g/mol. The second kappa shape index (κ2) is 9.78. The van der Waals surface area contributed by atoms with E-state index < -0.39 is 0 Å². The lowest BCUT2D eigenvalue weighted by molar-refractivity contribution is -0.115. The van der Waals surface area contributed by atoms with E-state index in [1.807, 2.05) is 61.5 Å². The summed E-state index contributed by atoms with van der Waals surface area (Å²) in [5.74, 6) is 1.57. The van der Waals surface area contributed by atoms with E-state index in [4.69, 9.17) is 4.42 Å². The van der Waals surface area contributed by atoms with E-state index in [0.717, 1.165) is 42.8 Å². The number of hydrogen-bond acceptors (Lipinski definition) is 5. The molecule has 2 aromatic heterocycles. The van der Waals surface area contributed by atoms with Gasteiger partial charge in [0, 0.05) is 18.7 Å². The van der Waals surface area contributed by atoms with Gasteiger partial charge in [-0.15, -0.1) is 0 Å². The molecule has 0 aliphatic heterocycles. The van der Waals surface area contributed by atoms with Crippen molar-refractivity contribution in [2.75, 3.05) is 25.0 Å². The van der Waals surface area contributed by atoms with Gasteiger partial charge in [-0.05, 0) is 44.3 Å². The number of fused-ring (bicyclic) bond motifs is 1. The minimum atomic E-state index is -0.166. The smallest absolute Gasteiger partial charge is 0.232 e. The highest BCUT2D eigenvalue weighted by atomic mass is 16.4. The molecule has 7 heteroatoms. The van der Waals surface area contributed by atoms with Crippen LogP contribution in [0.2, 0.25) is 0 Å². The summed E-state index contributed by atoms with van der Waals surface area (Å²) in [4.78, 5) is 24.5. The highest BCUT2D eigenvalue weighted by Crippen LogP contribution is 2.23. The maximum atomic E-state index is 12.9. The van der Waals surface area contributed by atoms with Crippen LogP contribution in [0, 0.1) is 6.92 Å². The number of carbonyl (C=O) groups excluding carboxylic acids is 1. The third kappa shape index (κ3) is 4.73. The predicted octanol–water partition coefficient (Wildman–Crippen LogP) is 4.52. The third-order valence-corrected chi connectivity index (χ3v) is 5.68. The van der Waals surface area contributed by atoms with Crippen molar-refractivity contribution in [2.24, 2.45) is 0 Å². The quantitative estimate of drug-likeness (QED) is 0.422. The van der Waals surface area contributed by atoms with Crippen LogP contribution in [0.5, 0.6) is 0 Å². The Hall–Kier alpha value is -3.45. The Bertz CT molecular complexity index is 1190. The molecule has 0 saturated heterocycles. The van der Waals surface area contributed by atoms with Crippen LogP contribution < -0.4 is 5.32 Å². The zero-order valence-electron chi connectivity index (χ0n) is 18.8. The summed E-state index contributed by atoms with van der Waals surface area (Å²) in [6.07, 6.45) is 0.126. The summed E-state index contributed by atoms with van der Waals surface area (Å²) in [6.45, 7) is 9.75. The van der Waals surface area contributed by atoms with E-state index in [2.05, 4.69) is 38.6 Å². The molecule has 7 nitrogen and oxygen atoms in total. The van der Waals surface area contributed by atoms with Crippen LogP contribution in [0.3, 0.4) is 0 Å². The number of oxazole rings is 1. The lowest BCUT2D eigenvalue weighted by atomic mass is 10.2. The molecule has 166 valence electrons. The van der Waals surface area contributed by atoms with E-state index in [1.54, 1.807) is 0 Å². The van der Waals surface area contributed by atoms with Gasteiger partial charge in [-0.25, -0.2) is 9.97 Å². The molecule has 4 aromatic rings. The van der Waals surface area contributed by atoms with Crippen molar-refractivity contribution in [3.8, 4) is 11.5 Å². The largest absolute Gasteiger partial charge is 0.441 e. The monoisotopic (exact) mass is 431 g/mol. The van der Waals surface area contributed by atoms with Gasteiger partial charge in [-0.3, -0.25) is 10.1 Å². The van der Waals surface area contributed by atoms with Gasteiger partial charge in [0.15, 0.2) is 0 Å². The number of para-hydroxylation sites is 2. The van der Waals surface area contributed by atoms with Gasteiger partial charge in [0.1, 0.15) is 5.76 Å². The van der Waals surface area contributed by atoms with Crippen molar-refractivity contribution in [1.82, 2.24) is 19.4 Å². The first kappa shape index (κ1) is 21.8. The maximum absolute atomic E-state index is 12.9. The van der Waals surface area contributed by atoms with Crippen molar-refractivity contribution < 1.29 is 9.21 Å². The Labute approximate surface area is 188 Å². The van der Waals surface area contributed by atoms with Crippen LogP contribution in [0.1, 0.15) is 25.3 Å². The maximum Gasteiger partial charge on any atom is 0.232 e. The van der Waals surface area contributed by atoms with Gasteiger partial charge in [0.05, 0.1) is 23.1 Å². The zero-order chi connectivity index (χ0) is 22.5. The first-order chi connectivity index (χ1) is 15.6. The number of anilines is 1. The number of nitrogens with zero attached hydrogens (tertiary/aromatic N) is 4. The molecule has 0 fully saturated rings. The first-order valence-corrected chi connectivity index (χ1v) is 11.1. The number of hydrogen-bond donors (Lipinski definition) is 1. The van der Waals surface area contributed by atoms with E-state index in [1.165, 1.54) is 0 Å². The number of benzene rings is 2. The van der Waals surface area contributed by atoms with Gasteiger partial charge >= 0.3 is 0 Å². The predicted molar refractivity (Wildman–Crippen MR) is 127 cm³/mol. The molecule has 0 atom stereocenters. The van der Waals surface area contributed by atoms with Crippen LogP contribution >= 0.6 is 0 Å². The highest BCUT2D eigenvalue weighted by molar-refractivity contribution is 5.92. The molecule has 4 rings (SSSR count). The van der Waals surface area contributed by atoms with E-state index >= 15 is 0 Å². The molecule has 2 aromatic carbocycles. The summed E-state index contributed by atoms with van der Waals surface area (Å²) in [7, 11) is 0. The summed E-state index contributed by atoms with van der Waals surface area (Å²) in [5.41, 5.74) is 3.40. The van der Waals surface area contributed by atoms with Crippen molar-refractivity contribution in [1.29, 1.82) is 0 Å². The van der Waals surface area contributed by atoms with E-state index in [-0.39, 0.29) is 12.3 Å². The van der Waals surface area contributed by atoms with Crippen LogP contribution in [-0.2, 0) is 17.8 Å². The SMILES string of the molecule is CCN(CC)CCn1c(NC(=O)Cc2nc(-c3ccccc3)oc2C)nc2ccccc21. The molecule has 0 aliphatic rings. The summed E-state index contributed by atoms with van der Waals surface area (Å²) in [6, 6.07) is 17.6. The molecule has 0 spiro atoms. The topological polar surface area (TPSA) is 76.2 Å². The molecular formula is C25H29N5O2. The lowest BCUT2D eigenvalue weighted by Gasteiger charge is -2.19. The summed E-state index contributed by atoms with van der Waals surface area (Å²) < 4.78 is 7.88. The minimum absolute atomic E-state index is 0.126. The standard InChI is InChI=1S/C25H29N5O2/c1-4-29(5-2)15-16-30-22-14-10-9-13-20(22)27-25(30)28-23(31)17-21-18(3)32-24(26-21)19-11-7-6-8-12-19/h6-14H,4-5,15-17H2,1-3H3,(H,27,28,31). The fraction of sp³-hybridized carbons (Fsp3) is 0.320. The molecule has 0 unspecified atom stereocenters. The molecule has 0 aliphatic carbocycles. The Morgan fingerprint density at radius 2 is 1.75 bits per heavy atom. The van der Waals surface area contributed by atoms with Crippen LogP contribution in [0.15, 0.2) is 59.0 Å². The van der Waals surface area contributed by atoms with Crippen LogP contribution in [-0.4, -0.2) is 45.0 Å². The number of imidazole rings is 1. The Morgan fingerprint density at radius 1 is 1.03 bits per heavy atom. The Balaban J connectivity index is 1.53. The molecule has 1 amide bonds. The molecule has 0 radical (unpaired) electrons. The van der Waals surface area contributed by atoms with Crippen molar-refractivity contribution in [3.05, 3.63) is 66.1 Å². The third-order valence-electron chi connectivity index (χ3n) is 5.68. The van der Waals surface area contributed by atoms with Gasteiger partial charge in [-0.2, -0.15) is 0 Å². The van der Waals surface area contributed by atoms with Gasteiger partial charge in [0.25, 0.3) is 0 Å². The average molecular weight is 432 g/mol. The second-order valence-corrected chi connectivity index (χ2v) is 7.72. The number of aromatic nitrogens is 3. The fourth-order valence-corrected chi connectivity index (χ4v) is 3.80. The molecule has 32 heavy (non-hydrogen) atoms. The Morgan fingerprint density at radius 3 is 2.50 bits per heavy atom. The number of aryl methyl sites for hydroxylation is 1. The molecule has 2 heterocycles. The number of amides is 1. The number of rotatable bonds is 9. The van der Waals surface area contributed by atoms with Crippen LogP contribution in [0.4, 0.5) is 5.95 Å².